The van der Waals surface area contributed by atoms with E-state index in [1.165, 1.54) is 0 Å². The van der Waals surface area contributed by atoms with Crippen molar-refractivity contribution in [3.63, 3.8) is 0 Å². The minimum atomic E-state index is -0.109. The normalized spacial score (nSPS) is 18.8. The highest BCUT2D eigenvalue weighted by molar-refractivity contribution is 5.99. The van der Waals surface area contributed by atoms with Crippen LogP contribution >= 0.6 is 0 Å². The van der Waals surface area contributed by atoms with E-state index in [4.69, 9.17) is 4.42 Å². The molecule has 0 radical (unpaired) electrons. The van der Waals surface area contributed by atoms with Gasteiger partial charge in [0.15, 0.2) is 5.76 Å². The van der Waals surface area contributed by atoms with E-state index >= 15 is 0 Å². The van der Waals surface area contributed by atoms with Crippen molar-refractivity contribution < 1.29 is 9.21 Å². The topological polar surface area (TPSA) is 57.5 Å². The molecule has 5 nitrogen and oxygen atoms in total. The van der Waals surface area contributed by atoms with Gasteiger partial charge in [-0.15, -0.1) is 0 Å². The zero-order valence-corrected chi connectivity index (χ0v) is 13.2. The largest absolute Gasteiger partial charge is 0.451 e. The number of rotatable bonds is 4. The molecule has 118 valence electrons. The van der Waals surface area contributed by atoms with Gasteiger partial charge in [-0.3, -0.25) is 4.79 Å². The van der Waals surface area contributed by atoms with E-state index in [-0.39, 0.29) is 11.9 Å². The van der Waals surface area contributed by atoms with Gasteiger partial charge in [0.1, 0.15) is 5.58 Å². The molecule has 0 bridgehead atoms. The van der Waals surface area contributed by atoms with Gasteiger partial charge >= 0.3 is 0 Å². The van der Waals surface area contributed by atoms with Gasteiger partial charge in [-0.1, -0.05) is 18.2 Å². The fourth-order valence-corrected chi connectivity index (χ4v) is 2.98. The highest BCUT2D eigenvalue weighted by Crippen LogP contribution is 2.27. The van der Waals surface area contributed by atoms with E-state index in [0.717, 1.165) is 42.5 Å². The monoisotopic (exact) mass is 301 g/mol. The summed E-state index contributed by atoms with van der Waals surface area (Å²) in [6.07, 6.45) is 2.11. The molecule has 1 aliphatic rings. The Labute approximate surface area is 130 Å². The van der Waals surface area contributed by atoms with Gasteiger partial charge in [0, 0.05) is 30.1 Å². The lowest BCUT2D eigenvalue weighted by Crippen LogP contribution is -2.45. The first-order chi connectivity index (χ1) is 10.6. The zero-order chi connectivity index (χ0) is 15.5. The van der Waals surface area contributed by atoms with Crippen LogP contribution in [0.2, 0.25) is 0 Å². The average molecular weight is 301 g/mol. The van der Waals surface area contributed by atoms with Crippen LogP contribution in [0.15, 0.2) is 28.7 Å². The summed E-state index contributed by atoms with van der Waals surface area (Å²) in [5.74, 6) is 0.335. The number of hydrogen-bond acceptors (Lipinski definition) is 4. The van der Waals surface area contributed by atoms with Crippen molar-refractivity contribution >= 4 is 16.9 Å². The number of benzene rings is 1. The van der Waals surface area contributed by atoms with Crippen LogP contribution in [0.1, 0.15) is 29.0 Å². The minimum absolute atomic E-state index is 0.109. The van der Waals surface area contributed by atoms with Gasteiger partial charge in [-0.2, -0.15) is 0 Å². The summed E-state index contributed by atoms with van der Waals surface area (Å²) in [4.78, 5) is 14.7. The predicted octanol–water partition coefficient (Wildman–Crippen LogP) is 1.98. The summed E-state index contributed by atoms with van der Waals surface area (Å²) in [7, 11) is 3.99. The molecule has 0 spiro atoms. The lowest BCUT2D eigenvalue weighted by molar-refractivity contribution is 0.0902. The molecule has 1 amide bonds. The van der Waals surface area contributed by atoms with Crippen LogP contribution in [0.4, 0.5) is 0 Å². The summed E-state index contributed by atoms with van der Waals surface area (Å²) in [5.41, 5.74) is 1.73. The Hall–Kier alpha value is -1.85. The molecule has 3 rings (SSSR count). The van der Waals surface area contributed by atoms with Gasteiger partial charge in [0.25, 0.3) is 5.91 Å². The van der Waals surface area contributed by atoms with Gasteiger partial charge in [-0.05, 0) is 39.5 Å². The molecule has 2 aromatic rings. The third-order valence-electron chi connectivity index (χ3n) is 4.01. The van der Waals surface area contributed by atoms with Crippen LogP contribution in [0.3, 0.4) is 0 Å². The number of carbonyl (C=O) groups is 1. The van der Waals surface area contributed by atoms with Crippen molar-refractivity contribution in [3.8, 4) is 0 Å². The van der Waals surface area contributed by atoms with Crippen LogP contribution in [-0.2, 0) is 6.54 Å². The second-order valence-corrected chi connectivity index (χ2v) is 6.16. The van der Waals surface area contributed by atoms with Gasteiger partial charge in [0.05, 0.1) is 0 Å². The van der Waals surface area contributed by atoms with Gasteiger partial charge in [0.2, 0.25) is 0 Å². The maximum atomic E-state index is 12.6. The second-order valence-electron chi connectivity index (χ2n) is 6.16. The maximum absolute atomic E-state index is 12.6. The Morgan fingerprint density at radius 1 is 1.41 bits per heavy atom. The Kier molecular flexibility index (Phi) is 4.45. The van der Waals surface area contributed by atoms with E-state index < -0.39 is 0 Å². The third-order valence-corrected chi connectivity index (χ3v) is 4.01. The van der Waals surface area contributed by atoms with Crippen molar-refractivity contribution in [2.45, 2.75) is 25.4 Å². The quantitative estimate of drug-likeness (QED) is 0.906. The summed E-state index contributed by atoms with van der Waals surface area (Å²) in [6.45, 7) is 2.54. The minimum Gasteiger partial charge on any atom is -0.451 e. The lowest BCUT2D eigenvalue weighted by Gasteiger charge is -2.23. The number of piperidine rings is 1. The number of nitrogens with zero attached hydrogens (tertiary/aromatic N) is 1. The number of nitrogens with one attached hydrogen (secondary N) is 2. The molecule has 1 aromatic carbocycles. The summed E-state index contributed by atoms with van der Waals surface area (Å²) in [6, 6.07) is 8.01. The van der Waals surface area contributed by atoms with Gasteiger partial charge in [-0.25, -0.2) is 0 Å². The molecule has 2 N–H and O–H groups in total. The predicted molar refractivity (Wildman–Crippen MR) is 87.0 cm³/mol. The van der Waals surface area contributed by atoms with Gasteiger partial charge < -0.3 is 20.0 Å². The van der Waals surface area contributed by atoms with Crippen molar-refractivity contribution in [3.05, 3.63) is 35.6 Å². The highest BCUT2D eigenvalue weighted by Gasteiger charge is 2.23. The lowest BCUT2D eigenvalue weighted by atomic mass is 10.1. The van der Waals surface area contributed by atoms with E-state index in [1.54, 1.807) is 0 Å². The Balaban J connectivity index is 1.89. The summed E-state index contributed by atoms with van der Waals surface area (Å²) in [5, 5.41) is 7.42. The SMILES string of the molecule is CN(C)Cc1c(C(=O)NC2CCCNC2)oc2ccccc12. The fourth-order valence-electron chi connectivity index (χ4n) is 2.98. The molecule has 22 heavy (non-hydrogen) atoms. The first-order valence-corrected chi connectivity index (χ1v) is 7.82. The third kappa shape index (κ3) is 3.15. The molecule has 1 atom stereocenters. The van der Waals surface area contributed by atoms with Crippen molar-refractivity contribution in [1.29, 1.82) is 0 Å². The molecule has 1 unspecified atom stereocenters. The van der Waals surface area contributed by atoms with E-state index in [1.807, 2.05) is 38.4 Å². The molecule has 0 saturated carbocycles. The number of carbonyl (C=O) groups excluding carboxylic acids is 1. The van der Waals surface area contributed by atoms with Crippen LogP contribution in [-0.4, -0.2) is 44.0 Å². The molecule has 1 aliphatic heterocycles. The smallest absolute Gasteiger partial charge is 0.287 e. The van der Waals surface area contributed by atoms with E-state index in [2.05, 4.69) is 15.5 Å². The van der Waals surface area contributed by atoms with Crippen molar-refractivity contribution in [2.24, 2.45) is 0 Å². The standard InChI is InChI=1S/C17H23N3O2/c1-20(2)11-14-13-7-3-4-8-15(13)22-16(14)17(21)19-12-6-5-9-18-10-12/h3-4,7-8,12,18H,5-6,9-11H2,1-2H3,(H,19,21). The molecule has 5 heteroatoms. The number of amides is 1. The Morgan fingerprint density at radius 2 is 2.23 bits per heavy atom. The van der Waals surface area contributed by atoms with Crippen LogP contribution < -0.4 is 10.6 Å². The number of para-hydroxylation sites is 1. The van der Waals surface area contributed by atoms with E-state index in [9.17, 15) is 4.79 Å². The second kappa shape index (κ2) is 6.50. The van der Waals surface area contributed by atoms with Crippen LogP contribution in [0.5, 0.6) is 0 Å². The number of fused-ring (bicyclic) bond motifs is 1. The molecular weight excluding hydrogens is 278 g/mol. The molecule has 2 heterocycles. The molecule has 1 aromatic heterocycles. The number of furan rings is 1. The molecular formula is C17H23N3O2. The first kappa shape index (κ1) is 15.1. The Bertz CT molecular complexity index is 657. The number of hydrogen-bond donors (Lipinski definition) is 2. The fraction of sp³-hybridized carbons (Fsp3) is 0.471. The summed E-state index contributed by atoms with van der Waals surface area (Å²) >= 11 is 0. The van der Waals surface area contributed by atoms with Crippen molar-refractivity contribution in [1.82, 2.24) is 15.5 Å². The van der Waals surface area contributed by atoms with Crippen LogP contribution in [0.25, 0.3) is 11.0 Å². The highest BCUT2D eigenvalue weighted by atomic mass is 16.3. The van der Waals surface area contributed by atoms with Crippen LogP contribution in [0, 0.1) is 0 Å². The molecule has 1 fully saturated rings. The zero-order valence-electron chi connectivity index (χ0n) is 13.2. The first-order valence-electron chi connectivity index (χ1n) is 7.82. The molecule has 1 saturated heterocycles. The Morgan fingerprint density at radius 3 is 2.95 bits per heavy atom. The van der Waals surface area contributed by atoms with E-state index in [0.29, 0.717) is 12.3 Å². The maximum Gasteiger partial charge on any atom is 0.287 e. The summed E-state index contributed by atoms with van der Waals surface area (Å²) < 4.78 is 5.84. The average Bonchev–Trinajstić information content (AvgIpc) is 2.87. The molecule has 0 aliphatic carbocycles. The van der Waals surface area contributed by atoms with Crippen molar-refractivity contribution in [2.75, 3.05) is 27.2 Å².